The fraction of sp³-hybridized carbons (Fsp3) is 0.609. The molecule has 0 spiro atoms. The van der Waals surface area contributed by atoms with Crippen molar-refractivity contribution in [3.63, 3.8) is 0 Å². The van der Waals surface area contributed by atoms with Crippen molar-refractivity contribution in [3.8, 4) is 11.8 Å². The van der Waals surface area contributed by atoms with Crippen LogP contribution in [-0.2, 0) is 6.54 Å². The normalized spacial score (nSPS) is 24.6. The van der Waals surface area contributed by atoms with E-state index in [1.165, 1.54) is 0 Å². The van der Waals surface area contributed by atoms with E-state index in [-0.39, 0.29) is 16.7 Å². The second kappa shape index (κ2) is 6.13. The Hall–Kier alpha value is -1.79. The predicted octanol–water partition coefficient (Wildman–Crippen LogP) is 3.82. The van der Waals surface area contributed by atoms with Gasteiger partial charge < -0.3 is 10.2 Å². The number of nitrogens with zero attached hydrogens (tertiary/aromatic N) is 1. The molecule has 1 aromatic rings. The molecular formula is C23H30N2O. The Morgan fingerprint density at radius 2 is 1.81 bits per heavy atom. The molecule has 2 fully saturated rings. The molecule has 0 atom stereocenters. The summed E-state index contributed by atoms with van der Waals surface area (Å²) in [6.45, 7) is 12.0. The first-order chi connectivity index (χ1) is 12.3. The Balaban J connectivity index is 1.55. The van der Waals surface area contributed by atoms with E-state index in [1.54, 1.807) is 0 Å². The van der Waals surface area contributed by atoms with Crippen molar-refractivity contribution < 1.29 is 4.79 Å². The van der Waals surface area contributed by atoms with Crippen LogP contribution in [0, 0.1) is 28.6 Å². The molecule has 1 N–H and O–H groups in total. The van der Waals surface area contributed by atoms with Gasteiger partial charge in [0.2, 0.25) is 0 Å². The number of carbonyl (C=O) groups excluding carboxylic acids is 1. The van der Waals surface area contributed by atoms with Gasteiger partial charge in [0.1, 0.15) is 0 Å². The Morgan fingerprint density at radius 3 is 2.46 bits per heavy atom. The van der Waals surface area contributed by atoms with E-state index in [0.29, 0.717) is 12.0 Å². The summed E-state index contributed by atoms with van der Waals surface area (Å²) in [4.78, 5) is 15.1. The van der Waals surface area contributed by atoms with E-state index in [0.717, 1.165) is 55.6 Å². The fourth-order valence-corrected chi connectivity index (χ4v) is 5.92. The van der Waals surface area contributed by atoms with Gasteiger partial charge in [-0.3, -0.25) is 4.79 Å². The van der Waals surface area contributed by atoms with Gasteiger partial charge in [-0.25, -0.2) is 0 Å². The largest absolute Gasteiger partial charge is 0.330 e. The quantitative estimate of drug-likeness (QED) is 0.781. The molecule has 4 rings (SSSR count). The zero-order valence-corrected chi connectivity index (χ0v) is 16.5. The molecule has 1 aromatic carbocycles. The number of amides is 1. The topological polar surface area (TPSA) is 32.3 Å². The van der Waals surface area contributed by atoms with Crippen molar-refractivity contribution in [2.24, 2.45) is 16.7 Å². The average molecular weight is 351 g/mol. The molecule has 3 nitrogen and oxygen atoms in total. The van der Waals surface area contributed by atoms with Crippen LogP contribution in [-0.4, -0.2) is 29.9 Å². The molecule has 1 saturated heterocycles. The highest BCUT2D eigenvalue weighted by molar-refractivity contribution is 5.99. The minimum Gasteiger partial charge on any atom is -0.330 e. The standard InChI is InChI=1S/C23H30N2O/c1-22(2)15-23(3,4)21(22)25-14-18-13-17(7-8-19(18)20(25)26)6-5-16-9-11-24-12-10-16/h7-8,13,16,21,24H,9-12,14-15H2,1-4H3. The summed E-state index contributed by atoms with van der Waals surface area (Å²) in [7, 11) is 0. The maximum Gasteiger partial charge on any atom is 0.254 e. The van der Waals surface area contributed by atoms with Crippen LogP contribution in [0.25, 0.3) is 0 Å². The lowest BCUT2D eigenvalue weighted by Crippen LogP contribution is -2.63. The highest BCUT2D eigenvalue weighted by Crippen LogP contribution is 2.57. The average Bonchev–Trinajstić information content (AvgIpc) is 2.87. The third-order valence-electron chi connectivity index (χ3n) is 6.40. The van der Waals surface area contributed by atoms with Crippen LogP contribution in [0.4, 0.5) is 0 Å². The van der Waals surface area contributed by atoms with Crippen LogP contribution in [0.5, 0.6) is 0 Å². The lowest BCUT2D eigenvalue weighted by atomic mass is 9.51. The summed E-state index contributed by atoms with van der Waals surface area (Å²) in [5.74, 6) is 7.49. The second-order valence-electron chi connectivity index (χ2n) is 9.66. The number of benzene rings is 1. The Morgan fingerprint density at radius 1 is 1.12 bits per heavy atom. The van der Waals surface area contributed by atoms with E-state index >= 15 is 0 Å². The molecule has 1 saturated carbocycles. The van der Waals surface area contributed by atoms with Gasteiger partial charge in [0, 0.05) is 29.6 Å². The zero-order valence-electron chi connectivity index (χ0n) is 16.5. The first kappa shape index (κ1) is 17.6. The molecule has 0 bridgehead atoms. The van der Waals surface area contributed by atoms with E-state index in [1.807, 2.05) is 12.1 Å². The van der Waals surface area contributed by atoms with Crippen molar-refractivity contribution in [1.29, 1.82) is 0 Å². The van der Waals surface area contributed by atoms with Crippen molar-refractivity contribution in [1.82, 2.24) is 10.2 Å². The number of carbonyl (C=O) groups is 1. The number of rotatable bonds is 1. The maximum atomic E-state index is 13.0. The van der Waals surface area contributed by atoms with Gasteiger partial charge in [-0.1, -0.05) is 39.5 Å². The molecule has 3 aliphatic rings. The summed E-state index contributed by atoms with van der Waals surface area (Å²) in [6.07, 6.45) is 3.43. The van der Waals surface area contributed by atoms with Crippen LogP contribution >= 0.6 is 0 Å². The smallest absolute Gasteiger partial charge is 0.254 e. The molecule has 0 aromatic heterocycles. The van der Waals surface area contributed by atoms with Gasteiger partial charge in [-0.2, -0.15) is 0 Å². The molecule has 0 radical (unpaired) electrons. The van der Waals surface area contributed by atoms with Crippen LogP contribution in [0.3, 0.4) is 0 Å². The summed E-state index contributed by atoms with van der Waals surface area (Å²) >= 11 is 0. The van der Waals surface area contributed by atoms with Gasteiger partial charge in [0.15, 0.2) is 0 Å². The fourth-order valence-electron chi connectivity index (χ4n) is 5.92. The third kappa shape index (κ3) is 2.95. The zero-order chi connectivity index (χ0) is 18.5. The molecule has 26 heavy (non-hydrogen) atoms. The minimum atomic E-state index is 0.193. The third-order valence-corrected chi connectivity index (χ3v) is 6.40. The summed E-state index contributed by atoms with van der Waals surface area (Å²) in [5.41, 5.74) is 3.45. The van der Waals surface area contributed by atoms with Crippen LogP contribution in [0.1, 0.15) is 68.4 Å². The number of nitrogens with one attached hydrogen (secondary N) is 1. The minimum absolute atomic E-state index is 0.193. The molecule has 1 aliphatic carbocycles. The lowest BCUT2D eigenvalue weighted by Gasteiger charge is -2.60. The summed E-state index contributed by atoms with van der Waals surface area (Å²) in [5, 5.41) is 3.38. The van der Waals surface area contributed by atoms with Crippen molar-refractivity contribution >= 4 is 5.91 Å². The number of hydrogen-bond donors (Lipinski definition) is 1. The monoisotopic (exact) mass is 350 g/mol. The molecule has 3 heteroatoms. The van der Waals surface area contributed by atoms with Gasteiger partial charge in [-0.15, -0.1) is 0 Å². The highest BCUT2D eigenvalue weighted by atomic mass is 16.2. The van der Waals surface area contributed by atoms with Crippen LogP contribution < -0.4 is 5.32 Å². The Kier molecular flexibility index (Phi) is 4.15. The second-order valence-corrected chi connectivity index (χ2v) is 9.66. The summed E-state index contributed by atoms with van der Waals surface area (Å²) in [6, 6.07) is 6.45. The van der Waals surface area contributed by atoms with Crippen molar-refractivity contribution in [3.05, 3.63) is 34.9 Å². The number of piperidine rings is 1. The predicted molar refractivity (Wildman–Crippen MR) is 105 cm³/mol. The first-order valence-corrected chi connectivity index (χ1v) is 9.94. The van der Waals surface area contributed by atoms with E-state index in [2.05, 4.69) is 55.8 Å². The van der Waals surface area contributed by atoms with Crippen LogP contribution in [0.2, 0.25) is 0 Å². The Labute approximate surface area is 157 Å². The Bertz CT molecular complexity index is 776. The molecule has 2 aliphatic heterocycles. The molecule has 138 valence electrons. The van der Waals surface area contributed by atoms with E-state index < -0.39 is 0 Å². The molecule has 0 unspecified atom stereocenters. The molecule has 1 amide bonds. The van der Waals surface area contributed by atoms with Gasteiger partial charge in [0.05, 0.1) is 0 Å². The summed E-state index contributed by atoms with van der Waals surface area (Å²) < 4.78 is 0. The number of fused-ring (bicyclic) bond motifs is 1. The van der Waals surface area contributed by atoms with E-state index in [4.69, 9.17) is 0 Å². The van der Waals surface area contributed by atoms with Gasteiger partial charge >= 0.3 is 0 Å². The first-order valence-electron chi connectivity index (χ1n) is 9.94. The molecule has 2 heterocycles. The van der Waals surface area contributed by atoms with Crippen LogP contribution in [0.15, 0.2) is 18.2 Å². The van der Waals surface area contributed by atoms with Gasteiger partial charge in [0.25, 0.3) is 5.91 Å². The van der Waals surface area contributed by atoms with Gasteiger partial charge in [-0.05, 0) is 66.9 Å². The molecular weight excluding hydrogens is 320 g/mol. The number of hydrogen-bond acceptors (Lipinski definition) is 2. The van der Waals surface area contributed by atoms with Crippen molar-refractivity contribution in [2.45, 2.75) is 59.5 Å². The lowest BCUT2D eigenvalue weighted by molar-refractivity contribution is -0.0989. The maximum absolute atomic E-state index is 13.0. The SMILES string of the molecule is CC1(C)CC(C)(C)C1N1Cc2cc(C#CC3CCNCC3)ccc2C1=O. The highest BCUT2D eigenvalue weighted by Gasteiger charge is 2.57. The van der Waals surface area contributed by atoms with E-state index in [9.17, 15) is 4.79 Å². The van der Waals surface area contributed by atoms with Crippen molar-refractivity contribution in [2.75, 3.05) is 13.1 Å².